The highest BCUT2D eigenvalue weighted by atomic mass is 31.2. The highest BCUT2D eigenvalue weighted by molar-refractivity contribution is 7.70. The maximum absolute atomic E-state index is 12.7. The molecule has 0 aliphatic carbocycles. The number of anilines is 1. The Morgan fingerprint density at radius 3 is 2.68 bits per heavy atom. The van der Waals surface area contributed by atoms with Gasteiger partial charge >= 0.3 is 0 Å². The summed E-state index contributed by atoms with van der Waals surface area (Å²) in [5.41, 5.74) is 4.28. The third-order valence-electron chi connectivity index (χ3n) is 4.98. The molecular weight excluding hydrogens is 409 g/mol. The second kappa shape index (κ2) is 7.82. The van der Waals surface area contributed by atoms with Crippen molar-refractivity contribution in [3.8, 4) is 17.3 Å². The van der Waals surface area contributed by atoms with Gasteiger partial charge in [-0.1, -0.05) is 18.2 Å². The summed E-state index contributed by atoms with van der Waals surface area (Å²) >= 11 is 0. The van der Waals surface area contributed by atoms with E-state index in [2.05, 4.69) is 20.5 Å². The summed E-state index contributed by atoms with van der Waals surface area (Å²) < 4.78 is 12.5. The third-order valence-corrected chi connectivity index (χ3v) is 6.51. The van der Waals surface area contributed by atoms with E-state index in [1.807, 2.05) is 42.5 Å². The van der Waals surface area contributed by atoms with Crippen LogP contribution in [0, 0.1) is 18.3 Å². The lowest BCUT2D eigenvalue weighted by Crippen LogP contribution is -2.15. The predicted octanol–water partition coefficient (Wildman–Crippen LogP) is 4.31. The van der Waals surface area contributed by atoms with E-state index in [4.69, 9.17) is 5.26 Å². The van der Waals surface area contributed by atoms with Crippen LogP contribution < -0.4 is 10.6 Å². The van der Waals surface area contributed by atoms with Gasteiger partial charge in [-0.2, -0.15) is 10.4 Å². The van der Waals surface area contributed by atoms with Gasteiger partial charge in [0.05, 0.1) is 16.8 Å². The quantitative estimate of drug-likeness (QED) is 0.470. The number of hydrogen-bond donors (Lipinski definition) is 2. The molecule has 0 saturated carbocycles. The van der Waals surface area contributed by atoms with Gasteiger partial charge in [-0.15, -0.1) is 0 Å². The molecule has 0 bridgehead atoms. The van der Waals surface area contributed by atoms with Gasteiger partial charge < -0.3 is 9.88 Å². The highest BCUT2D eigenvalue weighted by Gasteiger charge is 2.16. The van der Waals surface area contributed by atoms with Crippen molar-refractivity contribution in [1.29, 1.82) is 5.26 Å². The summed E-state index contributed by atoms with van der Waals surface area (Å²) in [5.74, 6) is -0.355. The van der Waals surface area contributed by atoms with Crippen LogP contribution in [0.15, 0.2) is 54.7 Å². The number of fused-ring (bicyclic) bond motifs is 1. The molecule has 4 rings (SSSR count). The molecular formula is C23H20N5O2P. The molecule has 2 aromatic carbocycles. The molecule has 0 spiro atoms. The van der Waals surface area contributed by atoms with Gasteiger partial charge in [0.1, 0.15) is 18.9 Å². The summed E-state index contributed by atoms with van der Waals surface area (Å²) in [6, 6.07) is 16.7. The Bertz CT molecular complexity index is 1410. The molecule has 2 N–H and O–H groups in total. The number of aromatic amines is 1. The van der Waals surface area contributed by atoms with E-state index in [-0.39, 0.29) is 11.6 Å². The Kier molecular flexibility index (Phi) is 5.18. The van der Waals surface area contributed by atoms with Crippen molar-refractivity contribution < 1.29 is 9.36 Å². The molecule has 4 aromatic rings. The Hall–Kier alpha value is -3.75. The standard InChI is InChI=1S/C23H20N5O2P/c1-14-9-15(12-24)13-25-21(14)23(29)26-17-7-8-20-19(11-17)22(28-27-20)16-5-4-6-18(10-16)31(2,3)30/h4-11,13H,1-3H3,(H,26,29)(H,27,28). The Morgan fingerprint density at radius 1 is 1.16 bits per heavy atom. The number of H-pyrrole nitrogens is 1. The lowest BCUT2D eigenvalue weighted by Gasteiger charge is -2.09. The van der Waals surface area contributed by atoms with Crippen molar-refractivity contribution in [1.82, 2.24) is 15.2 Å². The molecule has 2 heterocycles. The Labute approximate surface area is 179 Å². The number of carbonyl (C=O) groups is 1. The zero-order chi connectivity index (χ0) is 22.2. The summed E-state index contributed by atoms with van der Waals surface area (Å²) in [5, 5.41) is 20.9. The molecule has 0 atom stereocenters. The number of nitriles is 1. The van der Waals surface area contributed by atoms with Gasteiger partial charge in [-0.05, 0) is 56.1 Å². The molecule has 7 nitrogen and oxygen atoms in total. The van der Waals surface area contributed by atoms with Crippen molar-refractivity contribution in [2.45, 2.75) is 6.92 Å². The van der Waals surface area contributed by atoms with Gasteiger partial charge in [0.15, 0.2) is 0 Å². The zero-order valence-electron chi connectivity index (χ0n) is 17.3. The van der Waals surface area contributed by atoms with Gasteiger partial charge in [0, 0.05) is 28.1 Å². The van der Waals surface area contributed by atoms with Gasteiger partial charge in [-0.25, -0.2) is 4.98 Å². The molecule has 0 aliphatic heterocycles. The lowest BCUT2D eigenvalue weighted by molar-refractivity contribution is 0.102. The maximum Gasteiger partial charge on any atom is 0.274 e. The van der Waals surface area contributed by atoms with Crippen LogP contribution in [0.4, 0.5) is 5.69 Å². The van der Waals surface area contributed by atoms with E-state index in [1.54, 1.807) is 32.4 Å². The topological polar surface area (TPSA) is 112 Å². The summed E-state index contributed by atoms with van der Waals surface area (Å²) in [7, 11) is -2.40. The number of amides is 1. The summed E-state index contributed by atoms with van der Waals surface area (Å²) in [4.78, 5) is 16.8. The van der Waals surface area contributed by atoms with Crippen molar-refractivity contribution in [3.63, 3.8) is 0 Å². The van der Waals surface area contributed by atoms with Crippen molar-refractivity contribution >= 4 is 34.9 Å². The van der Waals surface area contributed by atoms with Crippen molar-refractivity contribution in [3.05, 3.63) is 71.5 Å². The normalized spacial score (nSPS) is 11.3. The summed E-state index contributed by atoms with van der Waals surface area (Å²) in [6.07, 6.45) is 1.38. The predicted molar refractivity (Wildman–Crippen MR) is 122 cm³/mol. The number of nitrogens with zero attached hydrogens (tertiary/aromatic N) is 3. The number of carbonyl (C=O) groups excluding carboxylic acids is 1. The van der Waals surface area contributed by atoms with Gasteiger partial charge in [0.2, 0.25) is 0 Å². The molecule has 8 heteroatoms. The molecule has 0 radical (unpaired) electrons. The number of rotatable bonds is 4. The average molecular weight is 429 g/mol. The number of benzene rings is 2. The monoisotopic (exact) mass is 429 g/mol. The molecule has 0 unspecified atom stereocenters. The van der Waals surface area contributed by atoms with Crippen molar-refractivity contribution in [2.75, 3.05) is 18.6 Å². The van der Waals surface area contributed by atoms with Crippen molar-refractivity contribution in [2.24, 2.45) is 0 Å². The lowest BCUT2D eigenvalue weighted by atomic mass is 10.1. The first kappa shape index (κ1) is 20.5. The van der Waals surface area contributed by atoms with Gasteiger partial charge in [0.25, 0.3) is 5.91 Å². The van der Waals surface area contributed by atoms with Crippen LogP contribution in [0.3, 0.4) is 0 Å². The van der Waals surface area contributed by atoms with E-state index in [0.717, 1.165) is 21.8 Å². The first-order valence-electron chi connectivity index (χ1n) is 9.58. The number of aromatic nitrogens is 3. The summed E-state index contributed by atoms with van der Waals surface area (Å²) in [6.45, 7) is 5.22. The minimum Gasteiger partial charge on any atom is -0.321 e. The number of nitrogens with one attached hydrogen (secondary N) is 2. The second-order valence-corrected chi connectivity index (χ2v) is 10.9. The molecule has 1 amide bonds. The molecule has 31 heavy (non-hydrogen) atoms. The number of pyridine rings is 1. The molecule has 0 saturated heterocycles. The molecule has 154 valence electrons. The second-order valence-electron chi connectivity index (χ2n) is 7.69. The smallest absolute Gasteiger partial charge is 0.274 e. The minimum absolute atomic E-state index is 0.265. The third kappa shape index (κ3) is 4.11. The van der Waals surface area contributed by atoms with Crippen LogP contribution in [0.25, 0.3) is 22.2 Å². The number of aryl methyl sites for hydroxylation is 1. The minimum atomic E-state index is -2.40. The Morgan fingerprint density at radius 2 is 1.97 bits per heavy atom. The SMILES string of the molecule is Cc1cc(C#N)cnc1C(=O)Nc1ccc2[nH]nc(-c3cccc(P(C)(C)=O)c3)c2c1. The fourth-order valence-electron chi connectivity index (χ4n) is 3.36. The first-order valence-corrected chi connectivity index (χ1v) is 12.2. The van der Waals surface area contributed by atoms with Gasteiger partial charge in [-0.3, -0.25) is 9.89 Å². The fraction of sp³-hybridized carbons (Fsp3) is 0.130. The van der Waals surface area contributed by atoms with Crippen LogP contribution >= 0.6 is 7.14 Å². The Balaban J connectivity index is 1.69. The van der Waals surface area contributed by atoms with Crippen LogP contribution in [-0.4, -0.2) is 34.4 Å². The number of hydrogen-bond acceptors (Lipinski definition) is 5. The average Bonchev–Trinajstić information content (AvgIpc) is 3.16. The first-order chi connectivity index (χ1) is 14.8. The van der Waals surface area contributed by atoms with Crippen LogP contribution in [0.1, 0.15) is 21.6 Å². The zero-order valence-corrected chi connectivity index (χ0v) is 18.2. The largest absolute Gasteiger partial charge is 0.321 e. The van der Waals surface area contributed by atoms with E-state index >= 15 is 0 Å². The maximum atomic E-state index is 12.7. The fourth-order valence-corrected chi connectivity index (χ4v) is 4.26. The molecule has 2 aromatic heterocycles. The molecule has 0 aliphatic rings. The van der Waals surface area contributed by atoms with Crippen LogP contribution in [-0.2, 0) is 4.57 Å². The van der Waals surface area contributed by atoms with E-state index < -0.39 is 7.14 Å². The molecule has 0 fully saturated rings. The van der Waals surface area contributed by atoms with E-state index in [9.17, 15) is 9.36 Å². The highest BCUT2D eigenvalue weighted by Crippen LogP contribution is 2.36. The van der Waals surface area contributed by atoms with E-state index in [0.29, 0.717) is 22.5 Å². The van der Waals surface area contributed by atoms with Crippen LogP contribution in [0.2, 0.25) is 0 Å². The van der Waals surface area contributed by atoms with E-state index in [1.165, 1.54) is 6.20 Å². The van der Waals surface area contributed by atoms with Crippen LogP contribution in [0.5, 0.6) is 0 Å².